The number of rotatable bonds is 9. The molecule has 13 heteroatoms. The van der Waals surface area contributed by atoms with Crippen molar-refractivity contribution in [1.29, 1.82) is 0 Å². The maximum Gasteiger partial charge on any atom is 0.321 e. The summed E-state index contributed by atoms with van der Waals surface area (Å²) in [6.07, 6.45) is 0. The molecule has 0 aliphatic carbocycles. The average Bonchev–Trinajstić information content (AvgIpc) is 2.84. The Morgan fingerprint density at radius 2 is 1.77 bits per heavy atom. The molecule has 1 amide bonds. The molecule has 0 atom stereocenters. The van der Waals surface area contributed by atoms with Crippen molar-refractivity contribution in [2.24, 2.45) is 0 Å². The van der Waals surface area contributed by atoms with E-state index in [1.54, 1.807) is 24.3 Å². The van der Waals surface area contributed by atoms with Crippen molar-refractivity contribution in [3.63, 3.8) is 0 Å². The summed E-state index contributed by atoms with van der Waals surface area (Å²) in [4.78, 5) is 20.3. The number of carbonyl (C=O) groups is 1. The van der Waals surface area contributed by atoms with Crippen LogP contribution in [0.3, 0.4) is 0 Å². The quantitative estimate of drug-likeness (QED) is 0.363. The van der Waals surface area contributed by atoms with Gasteiger partial charge in [-0.05, 0) is 61.6 Å². The van der Waals surface area contributed by atoms with Crippen molar-refractivity contribution in [3.8, 4) is 17.6 Å². The number of anilines is 2. The minimum atomic E-state index is -3.97. The lowest BCUT2D eigenvalue weighted by Gasteiger charge is -2.12. The van der Waals surface area contributed by atoms with Crippen LogP contribution in [-0.4, -0.2) is 50.2 Å². The van der Waals surface area contributed by atoms with Crippen LogP contribution in [-0.2, 0) is 10.0 Å². The van der Waals surface area contributed by atoms with E-state index in [9.17, 15) is 13.2 Å². The number of sulfonamides is 1. The van der Waals surface area contributed by atoms with Crippen LogP contribution in [0.4, 0.5) is 11.5 Å². The zero-order chi connectivity index (χ0) is 25.4. The van der Waals surface area contributed by atoms with Gasteiger partial charge in [-0.25, -0.2) is 8.42 Å². The molecule has 35 heavy (non-hydrogen) atoms. The summed E-state index contributed by atoms with van der Waals surface area (Å²) < 4.78 is 43.2. The van der Waals surface area contributed by atoms with E-state index in [1.807, 2.05) is 6.92 Å². The van der Waals surface area contributed by atoms with Crippen LogP contribution < -0.4 is 29.6 Å². The predicted octanol–water partition coefficient (Wildman–Crippen LogP) is 2.82. The van der Waals surface area contributed by atoms with Crippen LogP contribution in [0.25, 0.3) is 0 Å². The monoisotopic (exact) mass is 517 g/mol. The van der Waals surface area contributed by atoms with Gasteiger partial charge in [-0.3, -0.25) is 14.8 Å². The van der Waals surface area contributed by atoms with E-state index < -0.39 is 15.9 Å². The third kappa shape index (κ3) is 7.01. The third-order valence-corrected chi connectivity index (χ3v) is 5.94. The molecular weight excluding hydrogens is 494 g/mol. The maximum atomic E-state index is 12.7. The topological polar surface area (TPSA) is 141 Å². The first-order chi connectivity index (χ1) is 16.7. The summed E-state index contributed by atoms with van der Waals surface area (Å²) in [5, 5.41) is 5.46. The lowest BCUT2D eigenvalue weighted by molar-refractivity contribution is 0.0977. The van der Waals surface area contributed by atoms with Gasteiger partial charge < -0.3 is 19.5 Å². The summed E-state index contributed by atoms with van der Waals surface area (Å²) in [5.74, 6) is 0.272. The Kier molecular flexibility index (Phi) is 8.39. The molecular formula is C22H23N5O6S2. The molecule has 1 heterocycles. The Morgan fingerprint density at radius 1 is 1.03 bits per heavy atom. The molecule has 184 valence electrons. The minimum absolute atomic E-state index is 0.0202. The highest BCUT2D eigenvalue weighted by molar-refractivity contribution is 7.92. The van der Waals surface area contributed by atoms with E-state index in [0.717, 1.165) is 0 Å². The van der Waals surface area contributed by atoms with Crippen molar-refractivity contribution < 1.29 is 27.4 Å². The van der Waals surface area contributed by atoms with Crippen LogP contribution in [0.5, 0.6) is 17.6 Å². The molecule has 2 aromatic carbocycles. The summed E-state index contributed by atoms with van der Waals surface area (Å²) in [6.45, 7) is 2.33. The van der Waals surface area contributed by atoms with Crippen LogP contribution in [0.1, 0.15) is 17.3 Å². The number of ether oxygens (including phenoxy) is 3. The van der Waals surface area contributed by atoms with E-state index in [2.05, 4.69) is 25.3 Å². The lowest BCUT2D eigenvalue weighted by atomic mass is 10.2. The van der Waals surface area contributed by atoms with Gasteiger partial charge in [0.15, 0.2) is 10.9 Å². The van der Waals surface area contributed by atoms with E-state index in [0.29, 0.717) is 23.6 Å². The molecule has 0 bridgehead atoms. The van der Waals surface area contributed by atoms with Crippen LogP contribution in [0.15, 0.2) is 59.5 Å². The van der Waals surface area contributed by atoms with E-state index in [-0.39, 0.29) is 27.7 Å². The molecule has 0 saturated carbocycles. The van der Waals surface area contributed by atoms with Crippen molar-refractivity contribution in [1.82, 2.24) is 15.3 Å². The van der Waals surface area contributed by atoms with Gasteiger partial charge >= 0.3 is 6.01 Å². The molecule has 11 nitrogen and oxygen atoms in total. The molecule has 0 aliphatic heterocycles. The van der Waals surface area contributed by atoms with Gasteiger partial charge in [-0.2, -0.15) is 9.97 Å². The Bertz CT molecular complexity index is 1290. The van der Waals surface area contributed by atoms with E-state index >= 15 is 0 Å². The van der Waals surface area contributed by atoms with Gasteiger partial charge in [0.1, 0.15) is 5.75 Å². The van der Waals surface area contributed by atoms with Gasteiger partial charge in [0.05, 0.1) is 25.7 Å². The van der Waals surface area contributed by atoms with Gasteiger partial charge in [0.2, 0.25) is 5.88 Å². The molecule has 0 saturated heterocycles. The Labute approximate surface area is 207 Å². The second-order valence-electron chi connectivity index (χ2n) is 6.78. The molecule has 3 N–H and O–H groups in total. The van der Waals surface area contributed by atoms with Crippen LogP contribution in [0.2, 0.25) is 0 Å². The highest BCUT2D eigenvalue weighted by Gasteiger charge is 2.17. The Hall–Kier alpha value is -3.97. The molecule has 0 radical (unpaired) electrons. The van der Waals surface area contributed by atoms with Crippen molar-refractivity contribution in [2.75, 3.05) is 30.9 Å². The molecule has 0 aliphatic rings. The predicted molar refractivity (Wildman–Crippen MR) is 134 cm³/mol. The zero-order valence-corrected chi connectivity index (χ0v) is 20.7. The SMILES string of the molecule is CCOc1cccc(C(=O)NC(=S)Nc2ccc(S(=O)(=O)Nc3cc(OC)nc(OC)n3)cc2)c1. The molecule has 3 rings (SSSR count). The summed E-state index contributed by atoms with van der Waals surface area (Å²) in [5.41, 5.74) is 0.855. The summed E-state index contributed by atoms with van der Waals surface area (Å²) in [6, 6.07) is 13.7. The van der Waals surface area contributed by atoms with Gasteiger partial charge in [-0.1, -0.05) is 6.07 Å². The van der Waals surface area contributed by atoms with Crippen LogP contribution in [0, 0.1) is 0 Å². The molecule has 1 aromatic heterocycles. The zero-order valence-electron chi connectivity index (χ0n) is 19.1. The minimum Gasteiger partial charge on any atom is -0.494 e. The number of benzene rings is 2. The number of nitrogens with one attached hydrogen (secondary N) is 3. The molecule has 3 aromatic rings. The molecule has 0 fully saturated rings. The fraction of sp³-hybridized carbons (Fsp3) is 0.182. The number of aromatic nitrogens is 2. The molecule has 0 unspecified atom stereocenters. The first kappa shape index (κ1) is 25.6. The number of thiocarbonyl (C=S) groups is 1. The number of methoxy groups -OCH3 is 2. The Morgan fingerprint density at radius 3 is 2.43 bits per heavy atom. The lowest BCUT2D eigenvalue weighted by Crippen LogP contribution is -2.34. The smallest absolute Gasteiger partial charge is 0.321 e. The third-order valence-electron chi connectivity index (χ3n) is 4.37. The van der Waals surface area contributed by atoms with Gasteiger partial charge in [0.25, 0.3) is 15.9 Å². The second kappa shape index (κ2) is 11.4. The van der Waals surface area contributed by atoms with Gasteiger partial charge in [-0.15, -0.1) is 0 Å². The first-order valence-electron chi connectivity index (χ1n) is 10.2. The fourth-order valence-electron chi connectivity index (χ4n) is 2.80. The highest BCUT2D eigenvalue weighted by Crippen LogP contribution is 2.21. The number of amides is 1. The number of carbonyl (C=O) groups excluding carboxylic acids is 1. The number of hydrogen-bond acceptors (Lipinski definition) is 9. The summed E-state index contributed by atoms with van der Waals surface area (Å²) in [7, 11) is -1.23. The van der Waals surface area contributed by atoms with Crippen LogP contribution >= 0.6 is 12.2 Å². The van der Waals surface area contributed by atoms with Gasteiger partial charge in [0, 0.05) is 17.3 Å². The summed E-state index contributed by atoms with van der Waals surface area (Å²) >= 11 is 5.19. The standard InChI is InChI=1S/C22H23N5O6S2/c1-4-33-16-7-5-6-14(12-16)20(28)26-22(34)23-15-8-10-17(11-9-15)35(29,30)27-18-13-19(31-2)25-21(24-18)32-3/h5-13H,4H2,1-3H3,(H,24,25,27)(H2,23,26,28,34). The second-order valence-corrected chi connectivity index (χ2v) is 8.87. The average molecular weight is 518 g/mol. The normalized spacial score (nSPS) is 10.7. The van der Waals surface area contributed by atoms with E-state index in [4.69, 9.17) is 26.4 Å². The number of hydrogen-bond donors (Lipinski definition) is 3. The van der Waals surface area contributed by atoms with Crippen molar-refractivity contribution in [3.05, 3.63) is 60.2 Å². The van der Waals surface area contributed by atoms with Crippen molar-refractivity contribution >= 4 is 44.8 Å². The molecule has 0 spiro atoms. The number of nitrogens with zero attached hydrogens (tertiary/aromatic N) is 2. The fourth-order valence-corrected chi connectivity index (χ4v) is 4.00. The largest absolute Gasteiger partial charge is 0.494 e. The van der Waals surface area contributed by atoms with E-state index in [1.165, 1.54) is 44.6 Å². The highest BCUT2D eigenvalue weighted by atomic mass is 32.2. The van der Waals surface area contributed by atoms with Crippen molar-refractivity contribution in [2.45, 2.75) is 11.8 Å². The maximum absolute atomic E-state index is 12.7. The Balaban J connectivity index is 1.64. The first-order valence-corrected chi connectivity index (χ1v) is 12.1.